The van der Waals surface area contributed by atoms with Gasteiger partial charge in [0.05, 0.1) is 10.9 Å². The van der Waals surface area contributed by atoms with Crippen molar-refractivity contribution in [2.75, 3.05) is 6.61 Å². The van der Waals surface area contributed by atoms with E-state index in [4.69, 9.17) is 23.7 Å². The van der Waals surface area contributed by atoms with Crippen LogP contribution in [0.15, 0.2) is 29.1 Å². The van der Waals surface area contributed by atoms with E-state index < -0.39 is 60.9 Å². The SMILES string of the molecule is CCn1c(=O)c2ccccc2n2c([C@H](OC(C)=O)[C@@H](OC(C)=O)[C@H](OC(C)=O)[C@@H](COC(C)=O)OC(C)=O)nnc12. The molecule has 3 rings (SSSR count). The van der Waals surface area contributed by atoms with Gasteiger partial charge in [0.15, 0.2) is 24.1 Å². The van der Waals surface area contributed by atoms with Gasteiger partial charge in [-0.15, -0.1) is 10.2 Å². The fourth-order valence-electron chi connectivity index (χ4n) is 4.34. The van der Waals surface area contributed by atoms with Crippen LogP contribution < -0.4 is 5.56 Å². The van der Waals surface area contributed by atoms with Crippen molar-refractivity contribution in [3.05, 3.63) is 40.4 Å². The van der Waals surface area contributed by atoms with Crippen LogP contribution >= 0.6 is 0 Å². The fourth-order valence-corrected chi connectivity index (χ4v) is 4.34. The van der Waals surface area contributed by atoms with Crippen LogP contribution in [0.25, 0.3) is 16.7 Å². The van der Waals surface area contributed by atoms with Gasteiger partial charge in [0.1, 0.15) is 6.61 Å². The Bertz CT molecular complexity index is 1540. The Morgan fingerprint density at radius 1 is 0.780 bits per heavy atom. The Morgan fingerprint density at radius 2 is 1.37 bits per heavy atom. The third kappa shape index (κ3) is 7.04. The summed E-state index contributed by atoms with van der Waals surface area (Å²) in [7, 11) is 0. The average Bonchev–Trinajstić information content (AvgIpc) is 3.32. The minimum atomic E-state index is -1.70. The van der Waals surface area contributed by atoms with Gasteiger partial charge >= 0.3 is 29.8 Å². The number of hydrogen-bond donors (Lipinski definition) is 0. The van der Waals surface area contributed by atoms with Crippen LogP contribution in [0.5, 0.6) is 0 Å². The van der Waals surface area contributed by atoms with Crippen molar-refractivity contribution in [3.8, 4) is 0 Å². The second-order valence-corrected chi connectivity index (χ2v) is 8.89. The van der Waals surface area contributed by atoms with Gasteiger partial charge in [-0.1, -0.05) is 12.1 Å². The number of aryl methyl sites for hydroxylation is 1. The van der Waals surface area contributed by atoms with Crippen LogP contribution in [-0.4, -0.2) is 73.9 Å². The first-order chi connectivity index (χ1) is 19.3. The lowest BCUT2D eigenvalue weighted by molar-refractivity contribution is -0.204. The average molecular weight is 575 g/mol. The van der Waals surface area contributed by atoms with Gasteiger partial charge in [-0.2, -0.15) is 0 Å². The van der Waals surface area contributed by atoms with Crippen LogP contribution in [0.4, 0.5) is 0 Å². The van der Waals surface area contributed by atoms with Crippen LogP contribution in [0.2, 0.25) is 0 Å². The molecule has 0 unspecified atom stereocenters. The molecule has 15 heteroatoms. The standard InChI is InChI=1S/C26H30N4O11/c1-7-29-25(36)18-10-8-9-11-19(18)30-24(27-28-26(29)30)23(41-17(6)35)22(40-16(5)34)21(39-15(4)33)20(38-14(3)32)12-37-13(2)31/h8-11,20-23H,7,12H2,1-6H3/t20-,21-,22+,23-/m1/s1. The molecule has 2 heterocycles. The summed E-state index contributed by atoms with van der Waals surface area (Å²) >= 11 is 0. The number of nitrogens with zero attached hydrogens (tertiary/aromatic N) is 4. The summed E-state index contributed by atoms with van der Waals surface area (Å²) in [4.78, 5) is 73.7. The topological polar surface area (TPSA) is 184 Å². The molecule has 0 saturated carbocycles. The number of carbonyl (C=O) groups excluding carboxylic acids is 5. The highest BCUT2D eigenvalue weighted by atomic mass is 16.6. The molecule has 41 heavy (non-hydrogen) atoms. The maximum absolute atomic E-state index is 13.1. The first kappa shape index (κ1) is 30.7. The van der Waals surface area contributed by atoms with Crippen molar-refractivity contribution < 1.29 is 47.7 Å². The molecule has 1 aromatic carbocycles. The Labute approximate surface area is 233 Å². The van der Waals surface area contributed by atoms with Gasteiger partial charge < -0.3 is 23.7 Å². The Hall–Kier alpha value is -4.82. The number of benzene rings is 1. The Kier molecular flexibility index (Phi) is 9.76. The van der Waals surface area contributed by atoms with Crippen molar-refractivity contribution in [1.29, 1.82) is 0 Å². The zero-order valence-electron chi connectivity index (χ0n) is 23.3. The zero-order chi connectivity index (χ0) is 30.4. The lowest BCUT2D eigenvalue weighted by Crippen LogP contribution is -2.50. The summed E-state index contributed by atoms with van der Waals surface area (Å²) in [5.74, 6) is -4.21. The van der Waals surface area contributed by atoms with E-state index in [1.165, 1.54) is 8.97 Å². The molecular formula is C26H30N4O11. The first-order valence-corrected chi connectivity index (χ1v) is 12.5. The molecule has 0 amide bonds. The third-order valence-corrected chi connectivity index (χ3v) is 5.76. The molecule has 2 aromatic heterocycles. The zero-order valence-corrected chi connectivity index (χ0v) is 23.3. The smallest absolute Gasteiger partial charge is 0.303 e. The van der Waals surface area contributed by atoms with E-state index in [9.17, 15) is 28.8 Å². The molecule has 0 aliphatic carbocycles. The largest absolute Gasteiger partial charge is 0.462 e. The molecular weight excluding hydrogens is 544 g/mol. The quantitative estimate of drug-likeness (QED) is 0.234. The summed E-state index contributed by atoms with van der Waals surface area (Å²) in [5.41, 5.74) is 0.000581. The molecule has 0 saturated heterocycles. The monoisotopic (exact) mass is 574 g/mol. The Balaban J connectivity index is 2.35. The van der Waals surface area contributed by atoms with E-state index in [1.807, 2.05) is 0 Å². The lowest BCUT2D eigenvalue weighted by atomic mass is 10.0. The second kappa shape index (κ2) is 13.0. The highest BCUT2D eigenvalue weighted by Crippen LogP contribution is 2.31. The summed E-state index contributed by atoms with van der Waals surface area (Å²) in [5, 5.41) is 8.62. The number of carbonyl (C=O) groups is 5. The molecule has 0 spiro atoms. The molecule has 3 aromatic rings. The van der Waals surface area contributed by atoms with Gasteiger partial charge in [-0.05, 0) is 19.1 Å². The van der Waals surface area contributed by atoms with E-state index in [0.717, 1.165) is 34.6 Å². The number of para-hydroxylation sites is 1. The van der Waals surface area contributed by atoms with Crippen molar-refractivity contribution >= 4 is 46.5 Å². The Morgan fingerprint density at radius 3 is 1.93 bits per heavy atom. The maximum atomic E-state index is 13.1. The van der Waals surface area contributed by atoms with Gasteiger partial charge in [-0.3, -0.25) is 37.7 Å². The molecule has 220 valence electrons. The van der Waals surface area contributed by atoms with Crippen molar-refractivity contribution in [2.24, 2.45) is 0 Å². The van der Waals surface area contributed by atoms with Crippen LogP contribution in [-0.2, 0) is 54.2 Å². The van der Waals surface area contributed by atoms with Crippen LogP contribution in [0, 0.1) is 0 Å². The fraction of sp³-hybridized carbons (Fsp3) is 0.462. The van der Waals surface area contributed by atoms with Crippen LogP contribution in [0.3, 0.4) is 0 Å². The minimum absolute atomic E-state index is 0.0883. The van der Waals surface area contributed by atoms with E-state index >= 15 is 0 Å². The van der Waals surface area contributed by atoms with Crippen molar-refractivity contribution in [2.45, 2.75) is 72.5 Å². The summed E-state index contributed by atoms with van der Waals surface area (Å²) in [6.07, 6.45) is -6.50. The molecule has 0 aliphatic rings. The van der Waals surface area contributed by atoms with Gasteiger partial charge in [0.2, 0.25) is 11.9 Å². The van der Waals surface area contributed by atoms with Gasteiger partial charge in [-0.25, -0.2) is 0 Å². The van der Waals surface area contributed by atoms with Crippen LogP contribution in [0.1, 0.15) is 53.5 Å². The number of aromatic nitrogens is 4. The first-order valence-electron chi connectivity index (χ1n) is 12.5. The minimum Gasteiger partial charge on any atom is -0.462 e. The van der Waals surface area contributed by atoms with Gasteiger partial charge in [0.25, 0.3) is 5.56 Å². The highest BCUT2D eigenvalue weighted by molar-refractivity contribution is 5.80. The predicted octanol–water partition coefficient (Wildman–Crippen LogP) is 1.03. The molecule has 0 bridgehead atoms. The highest BCUT2D eigenvalue weighted by Gasteiger charge is 2.46. The molecule has 4 atom stereocenters. The molecule has 0 fully saturated rings. The predicted molar refractivity (Wildman–Crippen MR) is 138 cm³/mol. The third-order valence-electron chi connectivity index (χ3n) is 5.76. The molecule has 15 nitrogen and oxygen atoms in total. The maximum Gasteiger partial charge on any atom is 0.303 e. The molecule has 0 radical (unpaired) electrons. The van der Waals surface area contributed by atoms with Gasteiger partial charge in [0, 0.05) is 41.2 Å². The number of rotatable bonds is 11. The summed E-state index contributed by atoms with van der Waals surface area (Å²) in [6, 6.07) is 6.55. The second-order valence-electron chi connectivity index (χ2n) is 8.89. The molecule has 0 aliphatic heterocycles. The summed E-state index contributed by atoms with van der Waals surface area (Å²) < 4.78 is 29.7. The van der Waals surface area contributed by atoms with E-state index in [-0.39, 0.29) is 29.1 Å². The number of ether oxygens (including phenoxy) is 5. The van der Waals surface area contributed by atoms with E-state index in [0.29, 0.717) is 5.52 Å². The van der Waals surface area contributed by atoms with Crippen molar-refractivity contribution in [1.82, 2.24) is 19.2 Å². The van der Waals surface area contributed by atoms with E-state index in [2.05, 4.69) is 10.2 Å². The summed E-state index contributed by atoms with van der Waals surface area (Å²) in [6.45, 7) is 6.71. The molecule has 0 N–H and O–H groups in total. The lowest BCUT2D eigenvalue weighted by Gasteiger charge is -2.34. The van der Waals surface area contributed by atoms with E-state index in [1.54, 1.807) is 31.2 Å². The number of esters is 5. The van der Waals surface area contributed by atoms with Crippen molar-refractivity contribution in [3.63, 3.8) is 0 Å². The number of hydrogen-bond acceptors (Lipinski definition) is 13. The normalized spacial score (nSPS) is 14.0. The number of fused-ring (bicyclic) bond motifs is 3.